The van der Waals surface area contributed by atoms with Crippen molar-refractivity contribution in [1.82, 2.24) is 9.62 Å². The smallest absolute Gasteiger partial charge is 0.224 e. The lowest BCUT2D eigenvalue weighted by atomic mass is 9.98. The molecule has 0 radical (unpaired) electrons. The van der Waals surface area contributed by atoms with Gasteiger partial charge in [0.15, 0.2) is 0 Å². The van der Waals surface area contributed by atoms with Crippen LogP contribution in [0.25, 0.3) is 0 Å². The summed E-state index contributed by atoms with van der Waals surface area (Å²) in [5.41, 5.74) is 0. The highest BCUT2D eigenvalue weighted by molar-refractivity contribution is 7.88. The zero-order chi connectivity index (χ0) is 15.5. The molecule has 0 saturated carbocycles. The zero-order valence-corrected chi connectivity index (χ0v) is 13.2. The monoisotopic (exact) mass is 314 g/mol. The summed E-state index contributed by atoms with van der Waals surface area (Å²) < 4.78 is 29.8. The van der Waals surface area contributed by atoms with Crippen molar-refractivity contribution < 1.29 is 17.6 Å². The van der Waals surface area contributed by atoms with Crippen molar-refractivity contribution in [2.24, 2.45) is 5.92 Å². The molecule has 0 unspecified atom stereocenters. The lowest BCUT2D eigenvalue weighted by molar-refractivity contribution is -0.126. The van der Waals surface area contributed by atoms with Gasteiger partial charge in [0.25, 0.3) is 0 Å². The normalized spacial score (nSPS) is 21.9. The minimum absolute atomic E-state index is 0.0442. The van der Waals surface area contributed by atoms with E-state index in [2.05, 4.69) is 5.32 Å². The second kappa shape index (κ2) is 6.62. The Balaban J connectivity index is 1.87. The van der Waals surface area contributed by atoms with Crippen molar-refractivity contribution in [1.29, 1.82) is 0 Å². The van der Waals surface area contributed by atoms with Crippen molar-refractivity contribution >= 4 is 15.9 Å². The van der Waals surface area contributed by atoms with Gasteiger partial charge in [-0.15, -0.1) is 0 Å². The summed E-state index contributed by atoms with van der Waals surface area (Å²) >= 11 is 0. The Kier molecular flexibility index (Phi) is 5.05. The fraction of sp³-hybridized carbons (Fsp3) is 0.643. The minimum Gasteiger partial charge on any atom is -0.469 e. The molecule has 118 valence electrons. The van der Waals surface area contributed by atoms with Crippen molar-refractivity contribution in [2.45, 2.75) is 32.2 Å². The third kappa shape index (κ3) is 4.57. The first-order valence-electron chi connectivity index (χ1n) is 7.14. The number of hydrogen-bond acceptors (Lipinski definition) is 4. The predicted octanol–water partition coefficient (Wildman–Crippen LogP) is 0.998. The van der Waals surface area contributed by atoms with E-state index >= 15 is 0 Å². The van der Waals surface area contributed by atoms with Crippen LogP contribution in [0.5, 0.6) is 0 Å². The number of sulfonamides is 1. The third-order valence-electron chi connectivity index (χ3n) is 3.70. The highest BCUT2D eigenvalue weighted by atomic mass is 32.2. The molecular weight excluding hydrogens is 292 g/mol. The Hall–Kier alpha value is -1.34. The molecule has 0 bridgehead atoms. The Morgan fingerprint density at radius 2 is 2.33 bits per heavy atom. The molecule has 0 aromatic carbocycles. The number of piperidine rings is 1. The third-order valence-corrected chi connectivity index (χ3v) is 4.97. The summed E-state index contributed by atoms with van der Waals surface area (Å²) in [5, 5.41) is 2.94. The Morgan fingerprint density at radius 3 is 2.95 bits per heavy atom. The van der Waals surface area contributed by atoms with Gasteiger partial charge in [0, 0.05) is 25.6 Å². The van der Waals surface area contributed by atoms with E-state index in [1.807, 2.05) is 19.1 Å². The molecule has 0 spiro atoms. The maximum Gasteiger partial charge on any atom is 0.224 e. The quantitative estimate of drug-likeness (QED) is 0.879. The van der Waals surface area contributed by atoms with Gasteiger partial charge < -0.3 is 9.73 Å². The van der Waals surface area contributed by atoms with Gasteiger partial charge in [0.2, 0.25) is 15.9 Å². The van der Waals surface area contributed by atoms with Crippen molar-refractivity contribution in [3.05, 3.63) is 24.2 Å². The lowest BCUT2D eigenvalue weighted by Crippen LogP contribution is -2.47. The SMILES string of the molecule is C[C@H](Cc1ccco1)NC(=O)[C@@H]1CCCN(S(C)(=O)=O)C1. The van der Waals surface area contributed by atoms with Crippen LogP contribution in [0.3, 0.4) is 0 Å². The Morgan fingerprint density at radius 1 is 1.57 bits per heavy atom. The molecule has 1 aliphatic rings. The van der Waals surface area contributed by atoms with E-state index in [-0.39, 0.29) is 24.4 Å². The predicted molar refractivity (Wildman–Crippen MR) is 79.2 cm³/mol. The molecule has 1 aliphatic heterocycles. The van der Waals surface area contributed by atoms with E-state index in [9.17, 15) is 13.2 Å². The molecule has 1 saturated heterocycles. The molecular formula is C14H22N2O4S. The number of carbonyl (C=O) groups is 1. The summed E-state index contributed by atoms with van der Waals surface area (Å²) in [7, 11) is -3.22. The van der Waals surface area contributed by atoms with Gasteiger partial charge in [0.05, 0.1) is 18.4 Å². The second-order valence-corrected chi connectivity index (χ2v) is 7.64. The molecule has 1 aromatic rings. The number of amides is 1. The van der Waals surface area contributed by atoms with Crippen molar-refractivity contribution in [2.75, 3.05) is 19.3 Å². The van der Waals surface area contributed by atoms with Crippen LogP contribution >= 0.6 is 0 Å². The summed E-state index contributed by atoms with van der Waals surface area (Å²) in [6.45, 7) is 2.69. The standard InChI is InChI=1S/C14H22N2O4S/c1-11(9-13-6-4-8-20-13)15-14(17)12-5-3-7-16(10-12)21(2,18)19/h4,6,8,11-12H,3,5,7,9-10H2,1-2H3,(H,15,17)/t11-,12-/m1/s1. The number of furan rings is 1. The largest absolute Gasteiger partial charge is 0.469 e. The average molecular weight is 314 g/mol. The molecule has 1 N–H and O–H groups in total. The summed E-state index contributed by atoms with van der Waals surface area (Å²) in [6.07, 6.45) is 4.87. The average Bonchev–Trinajstić information content (AvgIpc) is 2.90. The number of nitrogens with zero attached hydrogens (tertiary/aromatic N) is 1. The van der Waals surface area contributed by atoms with Gasteiger partial charge in [-0.3, -0.25) is 4.79 Å². The van der Waals surface area contributed by atoms with E-state index < -0.39 is 10.0 Å². The Labute approximate surface area is 125 Å². The molecule has 21 heavy (non-hydrogen) atoms. The molecule has 2 heterocycles. The lowest BCUT2D eigenvalue weighted by Gasteiger charge is -2.30. The van der Waals surface area contributed by atoms with Gasteiger partial charge in [-0.1, -0.05) is 0 Å². The number of hydrogen-bond donors (Lipinski definition) is 1. The van der Waals surface area contributed by atoms with E-state index in [1.54, 1.807) is 6.26 Å². The summed E-state index contributed by atoms with van der Waals surface area (Å²) in [4.78, 5) is 12.2. The molecule has 1 fully saturated rings. The molecule has 2 rings (SSSR count). The molecule has 2 atom stereocenters. The minimum atomic E-state index is -3.22. The van der Waals surface area contributed by atoms with E-state index in [1.165, 1.54) is 10.6 Å². The fourth-order valence-corrected chi connectivity index (χ4v) is 3.51. The first kappa shape index (κ1) is 16.0. The van der Waals surface area contributed by atoms with E-state index in [4.69, 9.17) is 4.42 Å². The summed E-state index contributed by atoms with van der Waals surface area (Å²) in [6, 6.07) is 3.64. The number of nitrogens with one attached hydrogen (secondary N) is 1. The maximum absolute atomic E-state index is 12.2. The fourth-order valence-electron chi connectivity index (χ4n) is 2.60. The van der Waals surface area contributed by atoms with Crippen LogP contribution in [-0.4, -0.2) is 44.0 Å². The number of carbonyl (C=O) groups excluding carboxylic acids is 1. The van der Waals surface area contributed by atoms with Gasteiger partial charge in [-0.2, -0.15) is 0 Å². The second-order valence-electron chi connectivity index (χ2n) is 5.65. The Bertz CT molecular complexity index is 568. The molecule has 1 aromatic heterocycles. The highest BCUT2D eigenvalue weighted by Gasteiger charge is 2.30. The first-order chi connectivity index (χ1) is 9.86. The first-order valence-corrected chi connectivity index (χ1v) is 8.99. The maximum atomic E-state index is 12.2. The van der Waals surface area contributed by atoms with Crippen LogP contribution in [0, 0.1) is 5.92 Å². The van der Waals surface area contributed by atoms with Crippen LogP contribution in [0.15, 0.2) is 22.8 Å². The molecule has 1 amide bonds. The van der Waals surface area contributed by atoms with Gasteiger partial charge >= 0.3 is 0 Å². The van der Waals surface area contributed by atoms with Crippen LogP contribution in [-0.2, 0) is 21.2 Å². The van der Waals surface area contributed by atoms with Gasteiger partial charge in [0.1, 0.15) is 5.76 Å². The van der Waals surface area contributed by atoms with Crippen LogP contribution in [0.4, 0.5) is 0 Å². The molecule has 7 heteroatoms. The highest BCUT2D eigenvalue weighted by Crippen LogP contribution is 2.19. The van der Waals surface area contributed by atoms with Crippen LogP contribution in [0.2, 0.25) is 0 Å². The van der Waals surface area contributed by atoms with Crippen molar-refractivity contribution in [3.8, 4) is 0 Å². The van der Waals surface area contributed by atoms with Crippen LogP contribution in [0.1, 0.15) is 25.5 Å². The number of rotatable bonds is 5. The van der Waals surface area contributed by atoms with E-state index in [0.29, 0.717) is 13.0 Å². The molecule has 6 nitrogen and oxygen atoms in total. The van der Waals surface area contributed by atoms with Crippen LogP contribution < -0.4 is 5.32 Å². The van der Waals surface area contributed by atoms with Crippen molar-refractivity contribution in [3.63, 3.8) is 0 Å². The molecule has 0 aliphatic carbocycles. The topological polar surface area (TPSA) is 79.6 Å². The van der Waals surface area contributed by atoms with Gasteiger partial charge in [-0.05, 0) is 31.9 Å². The van der Waals surface area contributed by atoms with Gasteiger partial charge in [-0.25, -0.2) is 12.7 Å². The van der Waals surface area contributed by atoms with E-state index in [0.717, 1.165) is 18.6 Å². The summed E-state index contributed by atoms with van der Waals surface area (Å²) in [5.74, 6) is 0.471. The zero-order valence-electron chi connectivity index (χ0n) is 12.4.